The van der Waals surface area contributed by atoms with Crippen molar-refractivity contribution >= 4 is 11.7 Å². The molecule has 3 rings (SSSR count). The van der Waals surface area contributed by atoms with Crippen molar-refractivity contribution in [1.29, 1.82) is 0 Å². The summed E-state index contributed by atoms with van der Waals surface area (Å²) < 4.78 is 11.0. The summed E-state index contributed by atoms with van der Waals surface area (Å²) in [7, 11) is 1.59. The number of amides is 1. The molecule has 0 aromatic heterocycles. The highest BCUT2D eigenvalue weighted by atomic mass is 16.5. The summed E-state index contributed by atoms with van der Waals surface area (Å²) in [5, 5.41) is 0. The molecule has 0 atom stereocenters. The minimum atomic E-state index is -0.117. The minimum absolute atomic E-state index is 0.00478. The molecule has 1 aliphatic heterocycles. The van der Waals surface area contributed by atoms with Crippen molar-refractivity contribution in [3.8, 4) is 5.75 Å². The molecule has 24 heavy (non-hydrogen) atoms. The van der Waals surface area contributed by atoms with E-state index in [0.29, 0.717) is 25.3 Å². The van der Waals surface area contributed by atoms with Gasteiger partial charge in [-0.2, -0.15) is 0 Å². The fraction of sp³-hybridized carbons (Fsp3) is 0.579. The molecule has 1 saturated carbocycles. The molecule has 1 amide bonds. The maximum atomic E-state index is 12.5. The van der Waals surface area contributed by atoms with Gasteiger partial charge in [0, 0.05) is 31.5 Å². The second-order valence-electron chi connectivity index (χ2n) is 6.71. The zero-order valence-electron chi connectivity index (χ0n) is 14.3. The van der Waals surface area contributed by atoms with Crippen LogP contribution in [0.15, 0.2) is 24.3 Å². The van der Waals surface area contributed by atoms with Crippen LogP contribution in [0.4, 0.5) is 0 Å². The molecule has 1 aromatic rings. The Balaban J connectivity index is 1.51. The Bertz CT molecular complexity index is 590. The van der Waals surface area contributed by atoms with Gasteiger partial charge >= 0.3 is 0 Å². The average molecular weight is 331 g/mol. The van der Waals surface area contributed by atoms with Crippen LogP contribution in [0.2, 0.25) is 0 Å². The summed E-state index contributed by atoms with van der Waals surface area (Å²) >= 11 is 0. The smallest absolute Gasteiger partial charge is 0.223 e. The molecule has 0 bridgehead atoms. The summed E-state index contributed by atoms with van der Waals surface area (Å²) in [6, 6.07) is 7.02. The summed E-state index contributed by atoms with van der Waals surface area (Å²) in [4.78, 5) is 26.6. The molecular formula is C19H25NO4. The third kappa shape index (κ3) is 3.78. The number of ether oxygens (including phenoxy) is 2. The third-order valence-electron chi connectivity index (χ3n) is 5.09. The Morgan fingerprint density at radius 3 is 2.54 bits per heavy atom. The second-order valence-corrected chi connectivity index (χ2v) is 6.71. The molecule has 2 fully saturated rings. The van der Waals surface area contributed by atoms with E-state index in [1.807, 2.05) is 4.90 Å². The van der Waals surface area contributed by atoms with Crippen LogP contribution in [0.5, 0.6) is 5.75 Å². The number of Topliss-reactive ketones (excluding diaryl/α,β-unsaturated/α-hetero) is 1. The standard InChI is InChI=1S/C19H25NO4/c1-23-16-6-4-15(5-7-16)17(21)8-9-18(22)20-12-13-24-19(14-20)10-2-3-11-19/h4-7H,2-3,8-14H2,1H3. The van der Waals surface area contributed by atoms with Crippen molar-refractivity contribution in [2.75, 3.05) is 26.8 Å². The highest BCUT2D eigenvalue weighted by Crippen LogP contribution is 2.36. The maximum Gasteiger partial charge on any atom is 0.223 e. The molecule has 1 saturated heterocycles. The van der Waals surface area contributed by atoms with E-state index in [1.54, 1.807) is 31.4 Å². The molecule has 0 radical (unpaired) electrons. The Hall–Kier alpha value is -1.88. The number of methoxy groups -OCH3 is 1. The third-order valence-corrected chi connectivity index (χ3v) is 5.09. The van der Waals surface area contributed by atoms with E-state index >= 15 is 0 Å². The van der Waals surface area contributed by atoms with E-state index in [9.17, 15) is 9.59 Å². The molecule has 130 valence electrons. The number of hydrogen-bond donors (Lipinski definition) is 0. The summed E-state index contributed by atoms with van der Waals surface area (Å²) in [6.45, 7) is 1.93. The Morgan fingerprint density at radius 1 is 1.17 bits per heavy atom. The Morgan fingerprint density at radius 2 is 1.88 bits per heavy atom. The fourth-order valence-electron chi connectivity index (χ4n) is 3.68. The molecule has 1 spiro atoms. The van der Waals surface area contributed by atoms with Gasteiger partial charge in [-0.1, -0.05) is 12.8 Å². The van der Waals surface area contributed by atoms with Crippen LogP contribution in [-0.2, 0) is 9.53 Å². The number of benzene rings is 1. The molecule has 1 heterocycles. The van der Waals surface area contributed by atoms with Gasteiger partial charge in [-0.15, -0.1) is 0 Å². The topological polar surface area (TPSA) is 55.8 Å². The van der Waals surface area contributed by atoms with Crippen molar-refractivity contribution < 1.29 is 19.1 Å². The van der Waals surface area contributed by atoms with Gasteiger partial charge in [0.2, 0.25) is 5.91 Å². The lowest BCUT2D eigenvalue weighted by Gasteiger charge is -2.40. The number of carbonyl (C=O) groups is 2. The number of rotatable bonds is 5. The van der Waals surface area contributed by atoms with E-state index < -0.39 is 0 Å². The second kappa shape index (κ2) is 7.34. The van der Waals surface area contributed by atoms with E-state index in [1.165, 1.54) is 12.8 Å². The van der Waals surface area contributed by atoms with Gasteiger partial charge in [0.1, 0.15) is 5.75 Å². The lowest BCUT2D eigenvalue weighted by Crippen LogP contribution is -2.52. The van der Waals surface area contributed by atoms with Crippen molar-refractivity contribution in [2.24, 2.45) is 0 Å². The average Bonchev–Trinajstić information content (AvgIpc) is 3.07. The highest BCUT2D eigenvalue weighted by Gasteiger charge is 2.40. The van der Waals surface area contributed by atoms with Crippen LogP contribution in [-0.4, -0.2) is 49.0 Å². The predicted molar refractivity (Wildman–Crippen MR) is 90.3 cm³/mol. The van der Waals surface area contributed by atoms with Gasteiger partial charge < -0.3 is 14.4 Å². The van der Waals surface area contributed by atoms with E-state index in [-0.39, 0.29) is 30.1 Å². The molecule has 2 aliphatic rings. The zero-order valence-corrected chi connectivity index (χ0v) is 14.3. The molecule has 0 N–H and O–H groups in total. The largest absolute Gasteiger partial charge is 0.497 e. The van der Waals surface area contributed by atoms with E-state index in [0.717, 1.165) is 18.6 Å². The Kier molecular flexibility index (Phi) is 5.19. The quantitative estimate of drug-likeness (QED) is 0.779. The summed E-state index contributed by atoms with van der Waals surface area (Å²) in [5.74, 6) is 0.777. The van der Waals surface area contributed by atoms with Crippen LogP contribution in [0.3, 0.4) is 0 Å². The first-order valence-corrected chi connectivity index (χ1v) is 8.71. The lowest BCUT2D eigenvalue weighted by atomic mass is 9.99. The van der Waals surface area contributed by atoms with Crippen LogP contribution in [0.1, 0.15) is 48.9 Å². The van der Waals surface area contributed by atoms with Crippen LogP contribution < -0.4 is 4.74 Å². The number of ketones is 1. The molecular weight excluding hydrogens is 306 g/mol. The minimum Gasteiger partial charge on any atom is -0.497 e. The van der Waals surface area contributed by atoms with Crippen molar-refractivity contribution in [3.63, 3.8) is 0 Å². The number of morpholine rings is 1. The normalized spacial score (nSPS) is 19.5. The number of nitrogens with zero attached hydrogens (tertiary/aromatic N) is 1. The van der Waals surface area contributed by atoms with Gasteiger partial charge in [-0.05, 0) is 37.1 Å². The molecule has 5 heteroatoms. The molecule has 5 nitrogen and oxygen atoms in total. The van der Waals surface area contributed by atoms with Crippen LogP contribution in [0, 0.1) is 0 Å². The van der Waals surface area contributed by atoms with Crippen molar-refractivity contribution in [1.82, 2.24) is 4.90 Å². The summed E-state index contributed by atoms with van der Waals surface area (Å²) in [5.41, 5.74) is 0.506. The molecule has 0 unspecified atom stereocenters. The van der Waals surface area contributed by atoms with Gasteiger partial charge in [-0.3, -0.25) is 9.59 Å². The predicted octanol–water partition coefficient (Wildman–Crippen LogP) is 2.83. The van der Waals surface area contributed by atoms with Gasteiger partial charge in [0.25, 0.3) is 0 Å². The van der Waals surface area contributed by atoms with Crippen molar-refractivity contribution in [3.05, 3.63) is 29.8 Å². The monoisotopic (exact) mass is 331 g/mol. The van der Waals surface area contributed by atoms with Crippen molar-refractivity contribution in [2.45, 2.75) is 44.1 Å². The van der Waals surface area contributed by atoms with Crippen LogP contribution in [0.25, 0.3) is 0 Å². The van der Waals surface area contributed by atoms with E-state index in [2.05, 4.69) is 0 Å². The lowest BCUT2D eigenvalue weighted by molar-refractivity contribution is -0.149. The van der Waals surface area contributed by atoms with Gasteiger partial charge in [0.15, 0.2) is 5.78 Å². The van der Waals surface area contributed by atoms with E-state index in [4.69, 9.17) is 9.47 Å². The zero-order chi connectivity index (χ0) is 17.0. The maximum absolute atomic E-state index is 12.5. The molecule has 1 aliphatic carbocycles. The number of hydrogen-bond acceptors (Lipinski definition) is 4. The SMILES string of the molecule is COc1ccc(C(=O)CCC(=O)N2CCOC3(CCCC3)C2)cc1. The van der Waals surface area contributed by atoms with Crippen LogP contribution >= 0.6 is 0 Å². The first-order valence-electron chi connectivity index (χ1n) is 8.71. The fourth-order valence-corrected chi connectivity index (χ4v) is 3.68. The Labute approximate surface area is 142 Å². The first kappa shape index (κ1) is 17.0. The number of carbonyl (C=O) groups excluding carboxylic acids is 2. The van der Waals surface area contributed by atoms with Gasteiger partial charge in [-0.25, -0.2) is 0 Å². The van der Waals surface area contributed by atoms with Gasteiger partial charge in [0.05, 0.1) is 19.3 Å². The summed E-state index contributed by atoms with van der Waals surface area (Å²) in [6.07, 6.45) is 4.95. The first-order chi connectivity index (χ1) is 11.6. The highest BCUT2D eigenvalue weighted by molar-refractivity contribution is 5.98. The molecule has 1 aromatic carbocycles.